The average Bonchev–Trinajstić information content (AvgIpc) is 2.55. The van der Waals surface area contributed by atoms with E-state index in [1.807, 2.05) is 20.8 Å². The first-order chi connectivity index (χ1) is 12.6. The molecule has 0 saturated heterocycles. The van der Waals surface area contributed by atoms with Crippen LogP contribution < -0.4 is 16.5 Å². The van der Waals surface area contributed by atoms with E-state index < -0.39 is 17.6 Å². The maximum Gasteiger partial charge on any atom is 0.341 e. The first-order valence-electron chi connectivity index (χ1n) is 7.73. The van der Waals surface area contributed by atoms with Crippen LogP contribution in [0.4, 0.5) is 14.5 Å². The molecule has 1 aromatic rings. The topological polar surface area (TPSA) is 101 Å². The highest BCUT2D eigenvalue weighted by Crippen LogP contribution is 2.19. The van der Waals surface area contributed by atoms with Crippen molar-refractivity contribution in [3.05, 3.63) is 41.6 Å². The minimum atomic E-state index is -0.917. The Balaban J connectivity index is 3.19. The van der Waals surface area contributed by atoms with Gasteiger partial charge in [-0.25, -0.2) is 18.6 Å². The summed E-state index contributed by atoms with van der Waals surface area (Å²) in [6.45, 7) is 5.71. The number of rotatable bonds is 5. The second kappa shape index (κ2) is 9.72. The Morgan fingerprint density at radius 2 is 2.00 bits per heavy atom. The second-order valence-electron chi connectivity index (χ2n) is 6.24. The molecule has 0 bridgehead atoms. The highest BCUT2D eigenvalue weighted by molar-refractivity contribution is 7.80. The van der Waals surface area contributed by atoms with Gasteiger partial charge in [-0.2, -0.15) is 5.10 Å². The number of benzene rings is 1. The van der Waals surface area contributed by atoms with Crippen molar-refractivity contribution < 1.29 is 18.3 Å². The fourth-order valence-electron chi connectivity index (χ4n) is 1.75. The number of nitrogens with two attached hydrogens (primary N) is 1. The number of esters is 1. The van der Waals surface area contributed by atoms with E-state index in [1.54, 1.807) is 0 Å². The molecule has 10 heteroatoms. The lowest BCUT2D eigenvalue weighted by atomic mass is 10.1. The molecule has 0 aliphatic rings. The summed E-state index contributed by atoms with van der Waals surface area (Å²) in [6.07, 6.45) is 2.07. The zero-order valence-electron chi connectivity index (χ0n) is 15.3. The molecule has 0 atom stereocenters. The molecule has 0 amide bonds. The normalized spacial score (nSPS) is 12.8. The average molecular weight is 397 g/mol. The summed E-state index contributed by atoms with van der Waals surface area (Å²) in [6, 6.07) is 2.81. The number of ether oxygens (including phenoxy) is 1. The third-order valence-electron chi connectivity index (χ3n) is 2.84. The lowest BCUT2D eigenvalue weighted by molar-refractivity contribution is -0.135. The molecule has 27 heavy (non-hydrogen) atoms. The van der Waals surface area contributed by atoms with Gasteiger partial charge in [0.05, 0.1) is 24.7 Å². The summed E-state index contributed by atoms with van der Waals surface area (Å²) in [5, 5.41) is 7.07. The van der Waals surface area contributed by atoms with Crippen LogP contribution in [0.3, 0.4) is 0 Å². The third kappa shape index (κ3) is 7.48. The molecule has 146 valence electrons. The van der Waals surface area contributed by atoms with E-state index >= 15 is 0 Å². The summed E-state index contributed by atoms with van der Waals surface area (Å²) < 4.78 is 31.6. The SMILES string of the molecule is COC(=O)/C(=C/N)C(/C=N/NC(=S)NC(C)(C)C)=Nc1ccc(F)cc1F. The number of hydrazone groups is 1. The second-order valence-corrected chi connectivity index (χ2v) is 6.65. The van der Waals surface area contributed by atoms with Crippen LogP contribution in [0.5, 0.6) is 0 Å². The summed E-state index contributed by atoms with van der Waals surface area (Å²) in [4.78, 5) is 15.9. The number of hydrogen-bond donors (Lipinski definition) is 3. The molecule has 1 aromatic carbocycles. The van der Waals surface area contributed by atoms with E-state index in [1.165, 1.54) is 0 Å². The van der Waals surface area contributed by atoms with Crippen molar-refractivity contribution in [2.75, 3.05) is 7.11 Å². The number of nitrogens with one attached hydrogen (secondary N) is 2. The molecular weight excluding hydrogens is 376 g/mol. The number of halogens is 2. The van der Waals surface area contributed by atoms with Gasteiger partial charge in [0, 0.05) is 17.8 Å². The smallest absolute Gasteiger partial charge is 0.341 e. The lowest BCUT2D eigenvalue weighted by Crippen LogP contribution is -2.44. The van der Waals surface area contributed by atoms with Gasteiger partial charge >= 0.3 is 5.97 Å². The first kappa shape index (κ1) is 22.2. The van der Waals surface area contributed by atoms with Gasteiger partial charge in [0.15, 0.2) is 10.9 Å². The van der Waals surface area contributed by atoms with Gasteiger partial charge < -0.3 is 15.8 Å². The predicted octanol–water partition coefficient (Wildman–Crippen LogP) is 2.30. The van der Waals surface area contributed by atoms with E-state index in [4.69, 9.17) is 18.0 Å². The Kier molecular flexibility index (Phi) is 7.98. The van der Waals surface area contributed by atoms with Gasteiger partial charge in [-0.1, -0.05) is 0 Å². The standard InChI is InChI=1S/C17H21F2N5O2S/c1-17(2,3)23-16(27)24-21-9-14(11(8-20)15(25)26-4)22-13-6-5-10(18)7-12(13)19/h5-9H,20H2,1-4H3,(H2,23,24,27)/b11-8+,21-9+,22-14?. The zero-order valence-corrected chi connectivity index (χ0v) is 16.2. The minimum absolute atomic E-state index is 0.110. The summed E-state index contributed by atoms with van der Waals surface area (Å²) in [5.74, 6) is -2.48. The van der Waals surface area contributed by atoms with Gasteiger partial charge in [0.25, 0.3) is 0 Å². The number of hydrogen-bond acceptors (Lipinski definition) is 6. The molecule has 4 N–H and O–H groups in total. The maximum absolute atomic E-state index is 13.9. The summed E-state index contributed by atoms with van der Waals surface area (Å²) in [7, 11) is 1.15. The van der Waals surface area contributed by atoms with Crippen LogP contribution >= 0.6 is 12.2 Å². The quantitative estimate of drug-likeness (QED) is 0.232. The predicted molar refractivity (Wildman–Crippen MR) is 105 cm³/mol. The molecule has 7 nitrogen and oxygen atoms in total. The number of thiocarbonyl (C=S) groups is 1. The minimum Gasteiger partial charge on any atom is -0.465 e. The number of aliphatic imine (C=N–C) groups is 1. The van der Waals surface area contributed by atoms with Crippen molar-refractivity contribution in [1.82, 2.24) is 10.7 Å². The van der Waals surface area contributed by atoms with Crippen molar-refractivity contribution in [1.29, 1.82) is 0 Å². The van der Waals surface area contributed by atoms with E-state index in [0.29, 0.717) is 6.07 Å². The van der Waals surface area contributed by atoms with Gasteiger partial charge in [0.2, 0.25) is 0 Å². The highest BCUT2D eigenvalue weighted by atomic mass is 32.1. The molecule has 0 spiro atoms. The van der Waals surface area contributed by atoms with Crippen molar-refractivity contribution in [3.8, 4) is 0 Å². The van der Waals surface area contributed by atoms with E-state index in [2.05, 4.69) is 25.6 Å². The number of nitrogens with zero attached hydrogens (tertiary/aromatic N) is 2. The Bertz CT molecular complexity index is 801. The molecule has 0 radical (unpaired) electrons. The molecular formula is C17H21F2N5O2S. The fourth-order valence-corrected chi connectivity index (χ4v) is 2.11. The third-order valence-corrected chi connectivity index (χ3v) is 3.03. The maximum atomic E-state index is 13.9. The van der Waals surface area contributed by atoms with Crippen molar-refractivity contribution in [2.45, 2.75) is 26.3 Å². The number of carbonyl (C=O) groups is 1. The van der Waals surface area contributed by atoms with E-state index in [0.717, 1.165) is 31.7 Å². The molecule has 0 aliphatic heterocycles. The van der Waals surface area contributed by atoms with E-state index in [9.17, 15) is 13.6 Å². The van der Waals surface area contributed by atoms with Crippen LogP contribution in [-0.2, 0) is 9.53 Å². The first-order valence-corrected chi connectivity index (χ1v) is 8.13. The Labute approximate surface area is 161 Å². The van der Waals surface area contributed by atoms with Crippen molar-refractivity contribution in [2.24, 2.45) is 15.8 Å². The molecule has 0 saturated carbocycles. The molecule has 0 heterocycles. The van der Waals surface area contributed by atoms with Crippen molar-refractivity contribution in [3.63, 3.8) is 0 Å². The van der Waals surface area contributed by atoms with Crippen LogP contribution in [0.1, 0.15) is 20.8 Å². The van der Waals surface area contributed by atoms with Gasteiger partial charge in [-0.3, -0.25) is 5.43 Å². The number of carbonyl (C=O) groups excluding carboxylic acids is 1. The van der Waals surface area contributed by atoms with Crippen LogP contribution in [0.15, 0.2) is 40.1 Å². The molecule has 0 fully saturated rings. The zero-order chi connectivity index (χ0) is 20.6. The highest BCUT2D eigenvalue weighted by Gasteiger charge is 2.17. The molecule has 0 aliphatic carbocycles. The van der Waals surface area contributed by atoms with Crippen LogP contribution in [0, 0.1) is 11.6 Å². The monoisotopic (exact) mass is 397 g/mol. The fraction of sp³-hybridized carbons (Fsp3) is 0.294. The van der Waals surface area contributed by atoms with Crippen molar-refractivity contribution >= 4 is 40.9 Å². The molecule has 1 rings (SSSR count). The van der Waals surface area contributed by atoms with E-state index in [-0.39, 0.29) is 27.6 Å². The molecule has 0 unspecified atom stereocenters. The number of methoxy groups -OCH3 is 1. The summed E-state index contributed by atoms with van der Waals surface area (Å²) in [5.41, 5.74) is 7.24. The van der Waals surface area contributed by atoms with Gasteiger partial charge in [-0.05, 0) is 45.1 Å². The van der Waals surface area contributed by atoms with Gasteiger partial charge in [-0.15, -0.1) is 0 Å². The van der Waals surface area contributed by atoms with Gasteiger partial charge in [0.1, 0.15) is 11.4 Å². The largest absolute Gasteiger partial charge is 0.465 e. The van der Waals surface area contributed by atoms with Crippen LogP contribution in [0.25, 0.3) is 0 Å². The Hall–Kier alpha value is -2.88. The Morgan fingerprint density at radius 1 is 1.33 bits per heavy atom. The summed E-state index contributed by atoms with van der Waals surface area (Å²) >= 11 is 5.08. The molecule has 0 aromatic heterocycles. The lowest BCUT2D eigenvalue weighted by Gasteiger charge is -2.21. The Morgan fingerprint density at radius 3 is 2.52 bits per heavy atom. The van der Waals surface area contributed by atoms with Crippen LogP contribution in [0.2, 0.25) is 0 Å². The van der Waals surface area contributed by atoms with Crippen LogP contribution in [-0.4, -0.2) is 35.7 Å².